The first-order valence-corrected chi connectivity index (χ1v) is 16.5. The van der Waals surface area contributed by atoms with Crippen molar-refractivity contribution in [3.63, 3.8) is 0 Å². The van der Waals surface area contributed by atoms with Gasteiger partial charge in [0.15, 0.2) is 0 Å². The van der Waals surface area contributed by atoms with Gasteiger partial charge in [-0.2, -0.15) is 0 Å². The number of rotatable bonds is 3. The molecule has 3 heteroatoms. The van der Waals surface area contributed by atoms with Crippen molar-refractivity contribution in [3.8, 4) is 44.9 Å². The zero-order valence-corrected chi connectivity index (χ0v) is 25.9. The zero-order valence-electron chi connectivity index (χ0n) is 25.9. The molecule has 0 amide bonds. The lowest BCUT2D eigenvalue weighted by Crippen LogP contribution is -2.00. The smallest absolute Gasteiger partial charge is 0.146 e. The molecule has 0 bridgehead atoms. The number of fused-ring (bicyclic) bond motifs is 9. The summed E-state index contributed by atoms with van der Waals surface area (Å²) < 4.78 is 4.76. The van der Waals surface area contributed by atoms with E-state index in [1.165, 1.54) is 82.4 Å². The van der Waals surface area contributed by atoms with E-state index in [4.69, 9.17) is 4.98 Å². The van der Waals surface area contributed by atoms with Crippen molar-refractivity contribution in [2.24, 2.45) is 0 Å². The van der Waals surface area contributed by atoms with E-state index in [0.717, 1.165) is 16.9 Å². The number of hydrogen-bond acceptors (Lipinski definition) is 1. The molecule has 48 heavy (non-hydrogen) atoms. The Morgan fingerprint density at radius 2 is 1.02 bits per heavy atom. The molecule has 0 spiro atoms. The SMILES string of the molecule is c1ccc(-n2c3ccccc3c3ccc(-c4ccc5c(c4)c4ccccc4n5-c4ncc5cccc6c5c4-c4ccccc4-6)cc32)cc1. The molecule has 0 radical (unpaired) electrons. The van der Waals surface area contributed by atoms with Crippen molar-refractivity contribution >= 4 is 54.4 Å². The van der Waals surface area contributed by atoms with Crippen LogP contribution in [-0.4, -0.2) is 14.1 Å². The van der Waals surface area contributed by atoms with Gasteiger partial charge in [0.1, 0.15) is 5.82 Å². The molecular formula is C45H27N3. The third-order valence-electron chi connectivity index (χ3n) is 10.3. The number of para-hydroxylation sites is 3. The maximum atomic E-state index is 5.19. The van der Waals surface area contributed by atoms with Gasteiger partial charge in [0, 0.05) is 49.8 Å². The normalized spacial score (nSPS) is 12.2. The summed E-state index contributed by atoms with van der Waals surface area (Å²) >= 11 is 0. The van der Waals surface area contributed by atoms with Crippen LogP contribution in [0.15, 0.2) is 164 Å². The topological polar surface area (TPSA) is 22.8 Å². The second kappa shape index (κ2) is 9.54. The summed E-state index contributed by atoms with van der Waals surface area (Å²) in [6.45, 7) is 0. The molecule has 0 atom stereocenters. The second-order valence-electron chi connectivity index (χ2n) is 12.8. The van der Waals surface area contributed by atoms with Gasteiger partial charge in [-0.1, -0.05) is 115 Å². The molecule has 0 saturated carbocycles. The Morgan fingerprint density at radius 3 is 1.88 bits per heavy atom. The van der Waals surface area contributed by atoms with Crippen LogP contribution >= 0.6 is 0 Å². The number of benzene rings is 7. The Labute approximate surface area is 276 Å². The molecule has 1 aliphatic carbocycles. The average Bonchev–Trinajstić information content (AvgIpc) is 3.79. The molecule has 10 aromatic rings. The minimum Gasteiger partial charge on any atom is -0.309 e. The molecule has 3 aromatic heterocycles. The van der Waals surface area contributed by atoms with E-state index in [2.05, 4.69) is 167 Å². The van der Waals surface area contributed by atoms with Crippen molar-refractivity contribution in [1.82, 2.24) is 14.1 Å². The maximum Gasteiger partial charge on any atom is 0.146 e. The third-order valence-corrected chi connectivity index (χ3v) is 10.3. The second-order valence-corrected chi connectivity index (χ2v) is 12.8. The molecule has 0 fully saturated rings. The summed E-state index contributed by atoms with van der Waals surface area (Å²) in [5.74, 6) is 0.979. The molecule has 11 rings (SSSR count). The highest BCUT2D eigenvalue weighted by atomic mass is 15.1. The van der Waals surface area contributed by atoms with Gasteiger partial charge in [-0.25, -0.2) is 4.98 Å². The van der Waals surface area contributed by atoms with Crippen LogP contribution in [-0.2, 0) is 0 Å². The Kier molecular flexibility index (Phi) is 5.11. The first-order valence-electron chi connectivity index (χ1n) is 16.5. The molecule has 3 heterocycles. The lowest BCUT2D eigenvalue weighted by atomic mass is 10.0. The fraction of sp³-hybridized carbons (Fsp3) is 0. The van der Waals surface area contributed by atoms with E-state index in [1.54, 1.807) is 0 Å². The highest BCUT2D eigenvalue weighted by Gasteiger charge is 2.27. The maximum absolute atomic E-state index is 5.19. The van der Waals surface area contributed by atoms with Crippen molar-refractivity contribution in [1.29, 1.82) is 0 Å². The predicted molar refractivity (Wildman–Crippen MR) is 200 cm³/mol. The largest absolute Gasteiger partial charge is 0.309 e. The van der Waals surface area contributed by atoms with Crippen LogP contribution in [0.2, 0.25) is 0 Å². The van der Waals surface area contributed by atoms with Gasteiger partial charge in [-0.3, -0.25) is 4.57 Å². The van der Waals surface area contributed by atoms with E-state index in [-0.39, 0.29) is 0 Å². The zero-order chi connectivity index (χ0) is 31.3. The molecule has 3 nitrogen and oxygen atoms in total. The molecular weight excluding hydrogens is 583 g/mol. The minimum absolute atomic E-state index is 0.979. The Bertz CT molecular complexity index is 2940. The first kappa shape index (κ1) is 25.7. The Morgan fingerprint density at radius 1 is 0.396 bits per heavy atom. The number of pyridine rings is 1. The lowest BCUT2D eigenvalue weighted by molar-refractivity contribution is 1.09. The van der Waals surface area contributed by atoms with Crippen LogP contribution in [0.1, 0.15) is 0 Å². The molecule has 0 aliphatic heterocycles. The monoisotopic (exact) mass is 609 g/mol. The molecule has 7 aromatic carbocycles. The summed E-state index contributed by atoms with van der Waals surface area (Å²) in [6, 6.07) is 57.3. The van der Waals surface area contributed by atoms with Gasteiger partial charge in [-0.15, -0.1) is 0 Å². The van der Waals surface area contributed by atoms with Crippen LogP contribution in [0, 0.1) is 0 Å². The fourth-order valence-electron chi connectivity index (χ4n) is 8.23. The Balaban J connectivity index is 1.16. The van der Waals surface area contributed by atoms with Crippen LogP contribution in [0.25, 0.3) is 99.3 Å². The van der Waals surface area contributed by atoms with E-state index in [0.29, 0.717) is 0 Å². The fourth-order valence-corrected chi connectivity index (χ4v) is 8.23. The van der Waals surface area contributed by atoms with Gasteiger partial charge >= 0.3 is 0 Å². The average molecular weight is 610 g/mol. The van der Waals surface area contributed by atoms with Gasteiger partial charge in [0.05, 0.1) is 22.1 Å². The summed E-state index contributed by atoms with van der Waals surface area (Å²) in [6.07, 6.45) is 2.04. The summed E-state index contributed by atoms with van der Waals surface area (Å²) in [7, 11) is 0. The Hall–Kier alpha value is -6.45. The number of hydrogen-bond donors (Lipinski definition) is 0. The van der Waals surface area contributed by atoms with E-state index in [9.17, 15) is 0 Å². The van der Waals surface area contributed by atoms with Crippen LogP contribution in [0.5, 0.6) is 0 Å². The van der Waals surface area contributed by atoms with Crippen molar-refractivity contribution in [2.45, 2.75) is 0 Å². The van der Waals surface area contributed by atoms with Crippen molar-refractivity contribution in [3.05, 3.63) is 164 Å². The summed E-state index contributed by atoms with van der Waals surface area (Å²) in [4.78, 5) is 5.19. The quantitative estimate of drug-likeness (QED) is 0.195. The van der Waals surface area contributed by atoms with E-state index >= 15 is 0 Å². The van der Waals surface area contributed by atoms with Crippen molar-refractivity contribution < 1.29 is 0 Å². The highest BCUT2D eigenvalue weighted by Crippen LogP contribution is 2.50. The van der Waals surface area contributed by atoms with Gasteiger partial charge in [0.25, 0.3) is 0 Å². The molecule has 1 aliphatic rings. The van der Waals surface area contributed by atoms with E-state index in [1.807, 2.05) is 6.20 Å². The standard InChI is InChI=1S/C45H27N3/c1-2-12-31(13-3-1)47-39-19-8-6-15-33(39)35-23-21-29(26-42(35)47)28-22-24-41-38(25-28)34-16-7-9-20-40(34)48(41)45-44-37-17-5-4-14-32(37)36-18-10-11-30(27-46-45)43(36)44/h1-27H. The summed E-state index contributed by atoms with van der Waals surface area (Å²) in [5, 5.41) is 7.43. The number of aromatic nitrogens is 3. The molecule has 222 valence electrons. The first-order chi connectivity index (χ1) is 23.8. The molecule has 0 N–H and O–H groups in total. The van der Waals surface area contributed by atoms with Crippen LogP contribution < -0.4 is 0 Å². The van der Waals surface area contributed by atoms with Gasteiger partial charge in [-0.05, 0) is 70.3 Å². The van der Waals surface area contributed by atoms with Crippen LogP contribution in [0.3, 0.4) is 0 Å². The van der Waals surface area contributed by atoms with Gasteiger partial charge in [0.2, 0.25) is 0 Å². The van der Waals surface area contributed by atoms with E-state index < -0.39 is 0 Å². The van der Waals surface area contributed by atoms with Crippen molar-refractivity contribution in [2.75, 3.05) is 0 Å². The predicted octanol–water partition coefficient (Wildman–Crippen LogP) is 11.7. The lowest BCUT2D eigenvalue weighted by Gasteiger charge is -2.13. The highest BCUT2D eigenvalue weighted by molar-refractivity contribution is 6.18. The molecule has 0 unspecified atom stereocenters. The van der Waals surface area contributed by atoms with Crippen LogP contribution in [0.4, 0.5) is 0 Å². The summed E-state index contributed by atoms with van der Waals surface area (Å²) in [5.41, 5.74) is 13.3. The third kappa shape index (κ3) is 3.40. The molecule has 0 saturated heterocycles. The van der Waals surface area contributed by atoms with Gasteiger partial charge < -0.3 is 4.57 Å². The minimum atomic E-state index is 0.979. The number of nitrogens with zero attached hydrogens (tertiary/aromatic N) is 3.